The van der Waals surface area contributed by atoms with Crippen LogP contribution in [0.15, 0.2) is 73.1 Å². The Morgan fingerprint density at radius 2 is 1.90 bits per heavy atom. The van der Waals surface area contributed by atoms with Crippen molar-refractivity contribution in [2.45, 2.75) is 26.4 Å². The molecule has 0 aliphatic carbocycles. The van der Waals surface area contributed by atoms with Gasteiger partial charge in [0, 0.05) is 24.1 Å². The number of rotatable bonds is 10. The Bertz CT molecular complexity index is 877. The van der Waals surface area contributed by atoms with Gasteiger partial charge in [-0.2, -0.15) is 5.10 Å². The number of hydrogen-bond acceptors (Lipinski definition) is 4. The van der Waals surface area contributed by atoms with Crippen molar-refractivity contribution in [1.29, 1.82) is 0 Å². The summed E-state index contributed by atoms with van der Waals surface area (Å²) in [4.78, 5) is 15.3. The van der Waals surface area contributed by atoms with Crippen molar-refractivity contribution in [3.63, 3.8) is 0 Å². The maximum atomic E-state index is 13.1. The lowest BCUT2D eigenvalue weighted by Gasteiger charge is -2.29. The molecule has 3 aromatic rings. The van der Waals surface area contributed by atoms with E-state index in [2.05, 4.69) is 29.2 Å². The highest BCUT2D eigenvalue weighted by Crippen LogP contribution is 2.24. The molecular formula is C23H28N4O2. The van der Waals surface area contributed by atoms with Crippen LogP contribution in [0.5, 0.6) is 5.75 Å². The van der Waals surface area contributed by atoms with Crippen molar-refractivity contribution >= 4 is 11.6 Å². The van der Waals surface area contributed by atoms with Crippen LogP contribution in [0, 0.1) is 0 Å². The highest BCUT2D eigenvalue weighted by atomic mass is 16.5. The van der Waals surface area contributed by atoms with Crippen molar-refractivity contribution < 1.29 is 9.53 Å². The fourth-order valence-corrected chi connectivity index (χ4v) is 3.32. The summed E-state index contributed by atoms with van der Waals surface area (Å²) in [6.07, 6.45) is 3.64. The number of carbonyl (C=O) groups is 1. The number of nitrogens with zero attached hydrogens (tertiary/aromatic N) is 3. The second kappa shape index (κ2) is 10.4. The molecule has 152 valence electrons. The minimum absolute atomic E-state index is 0.0476. The third kappa shape index (κ3) is 5.68. The maximum Gasteiger partial charge on any atom is 0.246 e. The van der Waals surface area contributed by atoms with E-state index in [-0.39, 0.29) is 11.9 Å². The summed E-state index contributed by atoms with van der Waals surface area (Å²) < 4.78 is 7.63. The number of ether oxygens (including phenoxy) is 1. The van der Waals surface area contributed by atoms with Crippen LogP contribution in [-0.2, 0) is 11.3 Å². The van der Waals surface area contributed by atoms with Crippen LogP contribution < -0.4 is 10.1 Å². The molecule has 1 aromatic heterocycles. The van der Waals surface area contributed by atoms with E-state index in [4.69, 9.17) is 4.74 Å². The average molecular weight is 393 g/mol. The van der Waals surface area contributed by atoms with Gasteiger partial charge in [-0.3, -0.25) is 14.4 Å². The van der Waals surface area contributed by atoms with Gasteiger partial charge in [-0.05, 0) is 36.9 Å². The predicted molar refractivity (Wildman–Crippen MR) is 115 cm³/mol. The molecule has 3 rings (SSSR count). The van der Waals surface area contributed by atoms with E-state index in [1.165, 1.54) is 0 Å². The molecule has 2 aromatic carbocycles. The van der Waals surface area contributed by atoms with Crippen molar-refractivity contribution in [2.24, 2.45) is 0 Å². The molecule has 1 unspecified atom stereocenters. The molecule has 0 aliphatic rings. The molecule has 1 atom stereocenters. The van der Waals surface area contributed by atoms with Crippen molar-refractivity contribution in [1.82, 2.24) is 14.7 Å². The molecule has 0 aliphatic heterocycles. The van der Waals surface area contributed by atoms with Gasteiger partial charge in [0.05, 0.1) is 6.54 Å². The van der Waals surface area contributed by atoms with Crippen molar-refractivity contribution in [3.05, 3.63) is 78.6 Å². The molecule has 0 saturated carbocycles. The second-order valence-electron chi connectivity index (χ2n) is 6.67. The SMILES string of the molecule is CCN(CC)C(C(=O)Nc1cccc(OCCn2cccn2)c1)c1ccccc1. The van der Waals surface area contributed by atoms with Crippen molar-refractivity contribution in [3.8, 4) is 5.75 Å². The maximum absolute atomic E-state index is 13.1. The Morgan fingerprint density at radius 1 is 1.10 bits per heavy atom. The van der Waals surface area contributed by atoms with Gasteiger partial charge in [-0.25, -0.2) is 0 Å². The molecule has 29 heavy (non-hydrogen) atoms. The summed E-state index contributed by atoms with van der Waals surface area (Å²) >= 11 is 0. The van der Waals surface area contributed by atoms with Crippen LogP contribution in [0.1, 0.15) is 25.5 Å². The number of likely N-dealkylation sites (N-methyl/N-ethyl adjacent to an activating group) is 1. The molecule has 0 radical (unpaired) electrons. The van der Waals surface area contributed by atoms with Crippen LogP contribution in [0.25, 0.3) is 0 Å². The third-order valence-corrected chi connectivity index (χ3v) is 4.79. The van der Waals surface area contributed by atoms with E-state index in [0.29, 0.717) is 18.9 Å². The zero-order valence-corrected chi connectivity index (χ0v) is 17.0. The molecule has 0 bridgehead atoms. The standard InChI is InChI=1S/C23H28N4O2/c1-3-26(4-2)22(19-10-6-5-7-11-19)23(28)25-20-12-8-13-21(18-20)29-17-16-27-15-9-14-24-27/h5-15,18,22H,3-4,16-17H2,1-2H3,(H,25,28). The third-order valence-electron chi connectivity index (χ3n) is 4.79. The number of anilines is 1. The zero-order valence-electron chi connectivity index (χ0n) is 17.0. The highest BCUT2D eigenvalue weighted by Gasteiger charge is 2.25. The summed E-state index contributed by atoms with van der Waals surface area (Å²) in [6, 6.07) is 18.9. The van der Waals surface area contributed by atoms with Crippen LogP contribution in [0.4, 0.5) is 5.69 Å². The first-order chi connectivity index (χ1) is 14.2. The van der Waals surface area contributed by atoms with Gasteiger partial charge in [0.15, 0.2) is 0 Å². The fourth-order valence-electron chi connectivity index (χ4n) is 3.32. The van der Waals surface area contributed by atoms with Crippen LogP contribution in [-0.4, -0.2) is 40.3 Å². The smallest absolute Gasteiger partial charge is 0.246 e. The van der Waals surface area contributed by atoms with E-state index in [9.17, 15) is 4.79 Å². The Labute approximate surface area is 172 Å². The number of benzene rings is 2. The van der Waals surface area contributed by atoms with Gasteiger partial charge in [0.25, 0.3) is 0 Å². The molecule has 0 fully saturated rings. The first-order valence-corrected chi connectivity index (χ1v) is 10.0. The van der Waals surface area contributed by atoms with Gasteiger partial charge in [-0.1, -0.05) is 50.2 Å². The lowest BCUT2D eigenvalue weighted by molar-refractivity contribution is -0.121. The van der Waals surface area contributed by atoms with Crippen LogP contribution in [0.2, 0.25) is 0 Å². The van der Waals surface area contributed by atoms with Crippen LogP contribution >= 0.6 is 0 Å². The van der Waals surface area contributed by atoms with E-state index in [0.717, 1.165) is 24.3 Å². The molecule has 1 N–H and O–H groups in total. The Morgan fingerprint density at radius 3 is 2.59 bits per heavy atom. The molecule has 0 spiro atoms. The quantitative estimate of drug-likeness (QED) is 0.567. The summed E-state index contributed by atoms with van der Waals surface area (Å²) in [5.41, 5.74) is 1.71. The minimum Gasteiger partial charge on any atom is -0.492 e. The van der Waals surface area contributed by atoms with E-state index >= 15 is 0 Å². The number of carbonyl (C=O) groups excluding carboxylic acids is 1. The summed E-state index contributed by atoms with van der Waals surface area (Å²) in [5.74, 6) is 0.669. The van der Waals surface area contributed by atoms with E-state index in [1.807, 2.05) is 71.5 Å². The normalized spacial score (nSPS) is 12.0. The van der Waals surface area contributed by atoms with Crippen LogP contribution in [0.3, 0.4) is 0 Å². The van der Waals surface area contributed by atoms with Gasteiger partial charge in [-0.15, -0.1) is 0 Å². The number of hydrogen-bond donors (Lipinski definition) is 1. The number of nitrogens with one attached hydrogen (secondary N) is 1. The molecular weight excluding hydrogens is 364 g/mol. The lowest BCUT2D eigenvalue weighted by atomic mass is 10.0. The molecule has 1 amide bonds. The Kier molecular flexibility index (Phi) is 7.41. The largest absolute Gasteiger partial charge is 0.492 e. The summed E-state index contributed by atoms with van der Waals surface area (Å²) in [7, 11) is 0. The fraction of sp³-hybridized carbons (Fsp3) is 0.304. The zero-order chi connectivity index (χ0) is 20.5. The average Bonchev–Trinajstić information content (AvgIpc) is 3.26. The van der Waals surface area contributed by atoms with Gasteiger partial charge >= 0.3 is 0 Å². The summed E-state index contributed by atoms with van der Waals surface area (Å²) in [5, 5.41) is 7.22. The predicted octanol–water partition coefficient (Wildman–Crippen LogP) is 3.98. The van der Waals surface area contributed by atoms with Gasteiger partial charge in [0.2, 0.25) is 5.91 Å². The Balaban J connectivity index is 1.67. The van der Waals surface area contributed by atoms with Gasteiger partial charge < -0.3 is 10.1 Å². The van der Waals surface area contributed by atoms with Gasteiger partial charge in [0.1, 0.15) is 18.4 Å². The molecule has 6 heteroatoms. The van der Waals surface area contributed by atoms with E-state index < -0.39 is 0 Å². The minimum atomic E-state index is -0.337. The van der Waals surface area contributed by atoms with E-state index in [1.54, 1.807) is 6.20 Å². The molecule has 6 nitrogen and oxygen atoms in total. The number of aromatic nitrogens is 2. The van der Waals surface area contributed by atoms with Crippen molar-refractivity contribution in [2.75, 3.05) is 25.0 Å². The monoisotopic (exact) mass is 392 g/mol. The molecule has 1 heterocycles. The second-order valence-corrected chi connectivity index (χ2v) is 6.67. The summed E-state index contributed by atoms with van der Waals surface area (Å²) in [6.45, 7) is 6.90. The first kappa shape index (κ1) is 20.6. The molecule has 0 saturated heterocycles. The highest BCUT2D eigenvalue weighted by molar-refractivity contribution is 5.95. The first-order valence-electron chi connectivity index (χ1n) is 10.0. The topological polar surface area (TPSA) is 59.4 Å². The lowest BCUT2D eigenvalue weighted by Crippen LogP contribution is -2.37. The Hall–Kier alpha value is -3.12. The number of amides is 1.